The smallest absolute Gasteiger partial charge is 0.316 e. The standard InChI is InChI=1S/C22H21ClN2O2/c23-18-7-6-15-9-11-25-20(15)19(18)16-8-10-24-12-17(21(16)25)22(26)27-13-14-4-2-1-3-5-14/h1-7,17,24H,8-13H2. The van der Waals surface area contributed by atoms with E-state index in [0.717, 1.165) is 47.6 Å². The van der Waals surface area contributed by atoms with E-state index in [1.807, 2.05) is 36.4 Å². The molecule has 3 heterocycles. The van der Waals surface area contributed by atoms with E-state index in [1.165, 1.54) is 16.6 Å². The topological polar surface area (TPSA) is 43.3 Å². The Morgan fingerprint density at radius 3 is 2.89 bits per heavy atom. The molecule has 5 rings (SSSR count). The Morgan fingerprint density at radius 2 is 2.04 bits per heavy atom. The summed E-state index contributed by atoms with van der Waals surface area (Å²) in [7, 11) is 0. The number of esters is 1. The maximum Gasteiger partial charge on any atom is 0.316 e. The van der Waals surface area contributed by atoms with Crippen LogP contribution >= 0.6 is 11.6 Å². The fourth-order valence-corrected chi connectivity index (χ4v) is 4.78. The molecule has 3 aromatic rings. The highest BCUT2D eigenvalue weighted by atomic mass is 35.5. The van der Waals surface area contributed by atoms with E-state index >= 15 is 0 Å². The number of hydrogen-bond donors (Lipinski definition) is 1. The third-order valence-electron chi connectivity index (χ3n) is 5.73. The minimum atomic E-state index is -0.305. The number of benzene rings is 2. The maximum atomic E-state index is 13.0. The number of aryl methyl sites for hydroxylation is 2. The maximum absolute atomic E-state index is 13.0. The van der Waals surface area contributed by atoms with Crippen LogP contribution in [0.15, 0.2) is 42.5 Å². The van der Waals surface area contributed by atoms with E-state index < -0.39 is 0 Å². The number of aromatic nitrogens is 1. The molecular formula is C22H21ClN2O2. The predicted molar refractivity (Wildman–Crippen MR) is 106 cm³/mol. The van der Waals surface area contributed by atoms with Crippen molar-refractivity contribution >= 4 is 28.5 Å². The average Bonchev–Trinajstić information content (AvgIpc) is 3.17. The number of carbonyl (C=O) groups excluding carboxylic acids is 1. The van der Waals surface area contributed by atoms with Crippen LogP contribution < -0.4 is 5.32 Å². The molecule has 27 heavy (non-hydrogen) atoms. The van der Waals surface area contributed by atoms with Crippen molar-refractivity contribution in [2.45, 2.75) is 31.9 Å². The summed E-state index contributed by atoms with van der Waals surface area (Å²) < 4.78 is 8.01. The largest absolute Gasteiger partial charge is 0.460 e. The minimum absolute atomic E-state index is 0.168. The van der Waals surface area contributed by atoms with Crippen molar-refractivity contribution in [3.05, 3.63) is 69.9 Å². The number of ether oxygens (including phenoxy) is 1. The number of fused-ring (bicyclic) bond motifs is 3. The van der Waals surface area contributed by atoms with Crippen molar-refractivity contribution in [1.29, 1.82) is 0 Å². The Morgan fingerprint density at radius 1 is 1.19 bits per heavy atom. The Labute approximate surface area is 163 Å². The molecule has 5 heteroatoms. The first-order valence-electron chi connectivity index (χ1n) is 9.47. The van der Waals surface area contributed by atoms with Crippen LogP contribution in [0, 0.1) is 0 Å². The Hall–Kier alpha value is -2.30. The normalized spacial score (nSPS) is 18.3. The quantitative estimate of drug-likeness (QED) is 0.702. The Kier molecular flexibility index (Phi) is 4.18. The lowest BCUT2D eigenvalue weighted by Crippen LogP contribution is -2.28. The summed E-state index contributed by atoms with van der Waals surface area (Å²) in [5, 5.41) is 5.32. The van der Waals surface area contributed by atoms with E-state index in [0.29, 0.717) is 13.2 Å². The number of nitrogens with one attached hydrogen (secondary N) is 1. The average molecular weight is 381 g/mol. The summed E-state index contributed by atoms with van der Waals surface area (Å²) in [5.74, 6) is -0.473. The third kappa shape index (κ3) is 2.75. The van der Waals surface area contributed by atoms with Crippen LogP contribution in [-0.4, -0.2) is 23.6 Å². The van der Waals surface area contributed by atoms with Crippen LogP contribution in [-0.2, 0) is 35.5 Å². The summed E-state index contributed by atoms with van der Waals surface area (Å²) in [6.07, 6.45) is 1.87. The van der Waals surface area contributed by atoms with Crippen molar-refractivity contribution in [3.8, 4) is 0 Å². The van der Waals surface area contributed by atoms with Gasteiger partial charge in [0.25, 0.3) is 0 Å². The Bertz CT molecular complexity index is 1030. The van der Waals surface area contributed by atoms with Gasteiger partial charge in [-0.15, -0.1) is 0 Å². The number of halogens is 1. The van der Waals surface area contributed by atoms with Gasteiger partial charge in [-0.25, -0.2) is 0 Å². The van der Waals surface area contributed by atoms with E-state index in [1.54, 1.807) is 0 Å². The van der Waals surface area contributed by atoms with Crippen LogP contribution in [0.4, 0.5) is 0 Å². The summed E-state index contributed by atoms with van der Waals surface area (Å²) >= 11 is 6.58. The minimum Gasteiger partial charge on any atom is -0.460 e. The zero-order valence-electron chi connectivity index (χ0n) is 15.0. The third-order valence-corrected chi connectivity index (χ3v) is 6.04. The molecule has 1 N–H and O–H groups in total. The lowest BCUT2D eigenvalue weighted by molar-refractivity contribution is -0.146. The van der Waals surface area contributed by atoms with Gasteiger partial charge in [-0.05, 0) is 42.1 Å². The van der Waals surface area contributed by atoms with Crippen LogP contribution in [0.5, 0.6) is 0 Å². The molecule has 1 atom stereocenters. The van der Waals surface area contributed by atoms with E-state index in [2.05, 4.69) is 16.0 Å². The first kappa shape index (κ1) is 16.8. The molecule has 0 saturated heterocycles. The molecule has 2 aromatic carbocycles. The van der Waals surface area contributed by atoms with Gasteiger partial charge in [-0.3, -0.25) is 4.79 Å². The molecule has 138 valence electrons. The highest BCUT2D eigenvalue weighted by molar-refractivity contribution is 6.36. The molecule has 0 radical (unpaired) electrons. The lowest BCUT2D eigenvalue weighted by atomic mass is 9.98. The van der Waals surface area contributed by atoms with Crippen LogP contribution in [0.3, 0.4) is 0 Å². The summed E-state index contributed by atoms with van der Waals surface area (Å²) in [6, 6.07) is 13.9. The highest BCUT2D eigenvalue weighted by Gasteiger charge is 2.34. The molecular weight excluding hydrogens is 360 g/mol. The van der Waals surface area contributed by atoms with Crippen molar-refractivity contribution in [1.82, 2.24) is 9.88 Å². The van der Waals surface area contributed by atoms with E-state index in [9.17, 15) is 4.79 Å². The summed E-state index contributed by atoms with van der Waals surface area (Å²) in [4.78, 5) is 13.0. The predicted octanol–water partition coefficient (Wildman–Crippen LogP) is 3.82. The van der Waals surface area contributed by atoms with Crippen molar-refractivity contribution < 1.29 is 9.53 Å². The Balaban J connectivity index is 1.54. The van der Waals surface area contributed by atoms with Gasteiger partial charge in [-0.2, -0.15) is 0 Å². The summed E-state index contributed by atoms with van der Waals surface area (Å²) in [6.45, 7) is 2.65. The van der Waals surface area contributed by atoms with Gasteiger partial charge in [0.1, 0.15) is 12.5 Å². The molecule has 0 bridgehead atoms. The molecule has 0 saturated carbocycles. The van der Waals surface area contributed by atoms with E-state index in [-0.39, 0.29) is 11.9 Å². The van der Waals surface area contributed by atoms with Crippen molar-refractivity contribution in [2.75, 3.05) is 13.1 Å². The highest BCUT2D eigenvalue weighted by Crippen LogP contribution is 2.41. The molecule has 1 aromatic heterocycles. The molecule has 1 unspecified atom stereocenters. The van der Waals surface area contributed by atoms with Gasteiger partial charge >= 0.3 is 5.97 Å². The fourth-order valence-electron chi connectivity index (χ4n) is 4.51. The number of nitrogens with zero attached hydrogens (tertiary/aromatic N) is 1. The SMILES string of the molecule is O=C(OCc1ccccc1)C1CNCCc2c1n1c3c(ccc(Cl)c23)CC1. The lowest BCUT2D eigenvalue weighted by Gasteiger charge is -2.18. The van der Waals surface area contributed by atoms with Gasteiger partial charge in [-0.1, -0.05) is 48.0 Å². The number of hydrogen-bond acceptors (Lipinski definition) is 3. The molecule has 0 fully saturated rings. The van der Waals surface area contributed by atoms with E-state index in [4.69, 9.17) is 16.3 Å². The van der Waals surface area contributed by atoms with Gasteiger partial charge in [0.15, 0.2) is 0 Å². The van der Waals surface area contributed by atoms with Crippen molar-refractivity contribution in [2.24, 2.45) is 0 Å². The first-order chi connectivity index (χ1) is 13.2. The second kappa shape index (κ2) is 6.70. The fraction of sp³-hybridized carbons (Fsp3) is 0.318. The van der Waals surface area contributed by atoms with Gasteiger partial charge in [0.2, 0.25) is 0 Å². The molecule has 0 aliphatic carbocycles. The molecule has 0 amide bonds. The zero-order chi connectivity index (χ0) is 18.4. The van der Waals surface area contributed by atoms with Gasteiger partial charge < -0.3 is 14.6 Å². The number of carbonyl (C=O) groups is 1. The van der Waals surface area contributed by atoms with Crippen LogP contribution in [0.25, 0.3) is 10.9 Å². The molecule has 2 aliphatic rings. The number of rotatable bonds is 3. The van der Waals surface area contributed by atoms with Gasteiger partial charge in [0.05, 0.1) is 10.5 Å². The molecule has 0 spiro atoms. The van der Waals surface area contributed by atoms with Crippen LogP contribution in [0.2, 0.25) is 5.02 Å². The first-order valence-corrected chi connectivity index (χ1v) is 9.85. The summed E-state index contributed by atoms with van der Waals surface area (Å²) in [5.41, 5.74) is 5.85. The monoisotopic (exact) mass is 380 g/mol. The molecule has 4 nitrogen and oxygen atoms in total. The van der Waals surface area contributed by atoms with Crippen LogP contribution in [0.1, 0.15) is 28.3 Å². The zero-order valence-corrected chi connectivity index (χ0v) is 15.8. The van der Waals surface area contributed by atoms with Gasteiger partial charge in [0, 0.05) is 24.2 Å². The van der Waals surface area contributed by atoms with Crippen molar-refractivity contribution in [3.63, 3.8) is 0 Å². The second-order valence-corrected chi connectivity index (χ2v) is 7.70. The second-order valence-electron chi connectivity index (χ2n) is 7.30. The molecule has 2 aliphatic heterocycles.